The lowest BCUT2D eigenvalue weighted by Crippen LogP contribution is -2.73. The number of thioether (sulfide) groups is 2. The van der Waals surface area contributed by atoms with E-state index in [9.17, 15) is 19.5 Å². The van der Waals surface area contributed by atoms with Crippen LogP contribution in [0.1, 0.15) is 12.5 Å². The van der Waals surface area contributed by atoms with Gasteiger partial charge in [-0.05, 0) is 18.9 Å². The van der Waals surface area contributed by atoms with E-state index in [0.29, 0.717) is 6.54 Å². The van der Waals surface area contributed by atoms with Crippen molar-refractivity contribution in [3.8, 4) is 0 Å². The molecule has 0 saturated carbocycles. The van der Waals surface area contributed by atoms with Gasteiger partial charge in [0.25, 0.3) is 5.91 Å². The highest BCUT2D eigenvalue weighted by atomic mass is 32.2. The Hall–Kier alpha value is -2.83. The molecule has 10 nitrogen and oxygen atoms in total. The van der Waals surface area contributed by atoms with Gasteiger partial charge >= 0.3 is 0 Å². The third-order valence-electron chi connectivity index (χ3n) is 5.77. The van der Waals surface area contributed by atoms with Crippen LogP contribution in [0, 0.1) is 5.41 Å². The van der Waals surface area contributed by atoms with Gasteiger partial charge in [-0.25, -0.2) is 4.99 Å². The average Bonchev–Trinajstić information content (AvgIpc) is 3.14. The number of aliphatic imine (C=N–C) groups is 1. The van der Waals surface area contributed by atoms with Gasteiger partial charge in [0.1, 0.15) is 17.3 Å². The van der Waals surface area contributed by atoms with Crippen molar-refractivity contribution < 1.29 is 19.5 Å². The molecule has 3 amide bonds. The lowest BCUT2D eigenvalue weighted by molar-refractivity contribution is -0.166. The van der Waals surface area contributed by atoms with Crippen molar-refractivity contribution in [2.45, 2.75) is 36.4 Å². The molecule has 5 N–H and O–H groups in total. The summed E-state index contributed by atoms with van der Waals surface area (Å²) in [6.45, 7) is 5.96. The zero-order valence-electron chi connectivity index (χ0n) is 18.7. The topological polar surface area (TPSA) is 152 Å². The molecule has 1 unspecified atom stereocenters. The maximum absolute atomic E-state index is 13.3. The first-order chi connectivity index (χ1) is 16.2. The minimum Gasteiger partial charge on any atom is -0.381 e. The van der Waals surface area contributed by atoms with Gasteiger partial charge in [-0.15, -0.1) is 18.3 Å². The summed E-state index contributed by atoms with van der Waals surface area (Å²) in [5.74, 6) is -1.07. The molecule has 3 rings (SSSR count). The van der Waals surface area contributed by atoms with Gasteiger partial charge in [-0.2, -0.15) is 0 Å². The minimum absolute atomic E-state index is 0.0577. The van der Waals surface area contributed by atoms with E-state index in [1.807, 2.05) is 37.3 Å². The van der Waals surface area contributed by atoms with E-state index in [2.05, 4.69) is 16.9 Å². The van der Waals surface area contributed by atoms with Crippen LogP contribution in [-0.2, 0) is 20.8 Å². The fraction of sp³-hybridized carbons (Fsp3) is 0.409. The van der Waals surface area contributed by atoms with Gasteiger partial charge in [0.2, 0.25) is 11.8 Å². The second-order valence-electron chi connectivity index (χ2n) is 7.97. The molecule has 34 heavy (non-hydrogen) atoms. The SMILES string of the molecule is C=CCN1C(=O)[C@H]2N(C(=O)[C@@H](O)[C@H](Cc3ccccc3)NC(=O)CSC(N)=NC=N)CSC21C. The summed E-state index contributed by atoms with van der Waals surface area (Å²) in [7, 11) is 0. The Morgan fingerprint density at radius 3 is 2.82 bits per heavy atom. The van der Waals surface area contributed by atoms with Crippen molar-refractivity contribution in [2.75, 3.05) is 18.2 Å². The number of β-lactam (4-membered cyclic amide) rings is 1. The van der Waals surface area contributed by atoms with Crippen LogP contribution in [0.25, 0.3) is 0 Å². The second-order valence-corrected chi connectivity index (χ2v) is 10.3. The fourth-order valence-corrected chi connectivity index (χ4v) is 5.94. The number of carbonyl (C=O) groups excluding carboxylic acids is 3. The van der Waals surface area contributed by atoms with E-state index >= 15 is 0 Å². The molecule has 2 aliphatic heterocycles. The number of hydrogen-bond donors (Lipinski definition) is 4. The number of fused-ring (bicyclic) bond motifs is 1. The van der Waals surface area contributed by atoms with Crippen LogP contribution in [0.5, 0.6) is 0 Å². The molecule has 0 aromatic heterocycles. The summed E-state index contributed by atoms with van der Waals surface area (Å²) in [6.07, 6.45) is 1.09. The summed E-state index contributed by atoms with van der Waals surface area (Å²) in [4.78, 5) is 44.6. The van der Waals surface area contributed by atoms with Crippen molar-refractivity contribution in [1.82, 2.24) is 15.1 Å². The Kier molecular flexibility index (Phi) is 8.39. The lowest BCUT2D eigenvalue weighted by atomic mass is 9.93. The summed E-state index contributed by atoms with van der Waals surface area (Å²) in [6, 6.07) is 7.60. The van der Waals surface area contributed by atoms with Crippen molar-refractivity contribution in [3.63, 3.8) is 0 Å². The molecule has 182 valence electrons. The summed E-state index contributed by atoms with van der Waals surface area (Å²) >= 11 is 2.40. The maximum atomic E-state index is 13.3. The maximum Gasteiger partial charge on any atom is 0.255 e. The minimum atomic E-state index is -1.55. The monoisotopic (exact) mass is 504 g/mol. The molecule has 1 aromatic carbocycles. The van der Waals surface area contributed by atoms with Gasteiger partial charge in [-0.3, -0.25) is 19.8 Å². The molecule has 0 bridgehead atoms. The number of aliphatic hydroxyl groups is 1. The quantitative estimate of drug-likeness (QED) is 0.155. The molecule has 2 saturated heterocycles. The Balaban J connectivity index is 1.73. The van der Waals surface area contributed by atoms with Crippen LogP contribution in [0.4, 0.5) is 0 Å². The third kappa shape index (κ3) is 5.29. The van der Waals surface area contributed by atoms with E-state index in [4.69, 9.17) is 11.1 Å². The number of nitrogens with zero attached hydrogens (tertiary/aromatic N) is 3. The van der Waals surface area contributed by atoms with E-state index in [1.165, 1.54) is 16.7 Å². The van der Waals surface area contributed by atoms with Gasteiger partial charge in [0.05, 0.1) is 17.7 Å². The Bertz CT molecular complexity index is 991. The zero-order chi connectivity index (χ0) is 24.9. The molecule has 1 aromatic rings. The molecule has 0 spiro atoms. The summed E-state index contributed by atoms with van der Waals surface area (Å²) in [5.41, 5.74) is 6.43. The highest BCUT2D eigenvalue weighted by Gasteiger charge is 2.65. The van der Waals surface area contributed by atoms with Crippen LogP contribution in [-0.4, -0.2) is 85.4 Å². The Morgan fingerprint density at radius 1 is 1.47 bits per heavy atom. The molecular formula is C22H28N6O4S2. The van der Waals surface area contributed by atoms with E-state index in [1.54, 1.807) is 11.0 Å². The number of rotatable bonds is 10. The number of amidine groups is 1. The molecular weight excluding hydrogens is 476 g/mol. The van der Waals surface area contributed by atoms with E-state index in [0.717, 1.165) is 23.7 Å². The molecule has 0 radical (unpaired) electrons. The molecule has 0 aliphatic carbocycles. The van der Waals surface area contributed by atoms with E-state index in [-0.39, 0.29) is 29.1 Å². The highest BCUT2D eigenvalue weighted by molar-refractivity contribution is 8.14. The number of aliphatic hydroxyl groups excluding tert-OH is 1. The fourth-order valence-electron chi connectivity index (χ4n) is 4.06. The number of carbonyl (C=O) groups is 3. The first-order valence-corrected chi connectivity index (χ1v) is 12.5. The van der Waals surface area contributed by atoms with Crippen LogP contribution >= 0.6 is 23.5 Å². The first-order valence-electron chi connectivity index (χ1n) is 10.6. The third-order valence-corrected chi connectivity index (χ3v) is 8.01. The highest BCUT2D eigenvalue weighted by Crippen LogP contribution is 2.50. The number of benzene rings is 1. The molecule has 4 atom stereocenters. The predicted molar refractivity (Wildman–Crippen MR) is 134 cm³/mol. The Morgan fingerprint density at radius 2 is 2.18 bits per heavy atom. The van der Waals surface area contributed by atoms with Crippen LogP contribution in [0.2, 0.25) is 0 Å². The van der Waals surface area contributed by atoms with Gasteiger partial charge in [-0.1, -0.05) is 48.2 Å². The standard InChI is InChI=1S/C22H28N6O4S2/c1-3-9-28-20(32)18-22(28,2)34-13-27(18)19(31)17(30)15(10-14-7-5-4-6-8-14)26-16(29)11-33-21(24)25-12-23/h3-8,12,15,17-18,30H,1,9-11,13H2,2H3,(H,26,29)(H3,23,24,25)/t15-,17-,18+,22?/m0/s1. The normalized spacial score (nSPS) is 23.5. The number of likely N-dealkylation sites (tertiary alicyclic amines) is 1. The Labute approximate surface area is 206 Å². The summed E-state index contributed by atoms with van der Waals surface area (Å²) in [5, 5.41) is 20.7. The number of nitrogens with one attached hydrogen (secondary N) is 2. The average molecular weight is 505 g/mol. The van der Waals surface area contributed by atoms with Crippen LogP contribution in [0.15, 0.2) is 48.0 Å². The van der Waals surface area contributed by atoms with Crippen LogP contribution < -0.4 is 11.1 Å². The molecule has 12 heteroatoms. The van der Waals surface area contributed by atoms with Crippen LogP contribution in [0.3, 0.4) is 0 Å². The molecule has 2 heterocycles. The van der Waals surface area contributed by atoms with Gasteiger partial charge in [0.15, 0.2) is 11.3 Å². The molecule has 2 aliphatic rings. The van der Waals surface area contributed by atoms with Gasteiger partial charge in [0, 0.05) is 6.54 Å². The van der Waals surface area contributed by atoms with E-state index < -0.39 is 34.9 Å². The largest absolute Gasteiger partial charge is 0.381 e. The van der Waals surface area contributed by atoms with Crippen molar-refractivity contribution in [2.24, 2.45) is 10.7 Å². The summed E-state index contributed by atoms with van der Waals surface area (Å²) < 4.78 is 0. The molecule has 2 fully saturated rings. The van der Waals surface area contributed by atoms with Gasteiger partial charge < -0.3 is 26.0 Å². The predicted octanol–water partition coefficient (Wildman–Crippen LogP) is 0.376. The van der Waals surface area contributed by atoms with Crippen molar-refractivity contribution in [3.05, 3.63) is 48.6 Å². The zero-order valence-corrected chi connectivity index (χ0v) is 20.3. The number of amides is 3. The van der Waals surface area contributed by atoms with Crippen molar-refractivity contribution >= 4 is 52.8 Å². The first kappa shape index (κ1) is 25.8. The lowest BCUT2D eigenvalue weighted by Gasteiger charge is -2.52. The second kappa shape index (κ2) is 11.1. The number of nitrogens with two attached hydrogens (primary N) is 1. The number of hydrogen-bond acceptors (Lipinski definition) is 7. The van der Waals surface area contributed by atoms with Crippen molar-refractivity contribution in [1.29, 1.82) is 5.41 Å². The smallest absolute Gasteiger partial charge is 0.255 e.